The molecule has 1 aromatic rings. The highest BCUT2D eigenvalue weighted by Crippen LogP contribution is 2.77. The third-order valence-corrected chi connectivity index (χ3v) is 16.7. The van der Waals surface area contributed by atoms with Crippen molar-refractivity contribution < 1.29 is 29.3 Å². The van der Waals surface area contributed by atoms with Gasteiger partial charge in [0.2, 0.25) is 0 Å². The zero-order valence-corrected chi connectivity index (χ0v) is 35.6. The number of carbonyl (C=O) groups excluding carboxylic acids is 2. The first-order valence-corrected chi connectivity index (χ1v) is 21.3. The first-order valence-electron chi connectivity index (χ1n) is 21.3. The molecule has 0 spiro atoms. The summed E-state index contributed by atoms with van der Waals surface area (Å²) in [5.74, 6) is 0.0207. The first-order chi connectivity index (χ1) is 25.7. The number of hydrogen-bond acceptors (Lipinski definition) is 8. The van der Waals surface area contributed by atoms with Crippen LogP contribution in [-0.2, 0) is 25.7 Å². The molecule has 6 rings (SSSR count). The van der Waals surface area contributed by atoms with Crippen molar-refractivity contribution in [2.75, 3.05) is 26.7 Å². The highest BCUT2D eigenvalue weighted by Gasteiger charge is 2.71. The molecule has 55 heavy (non-hydrogen) atoms. The molecule has 4 fully saturated rings. The number of carbonyl (C=O) groups is 3. The minimum Gasteiger partial charge on any atom is -0.481 e. The van der Waals surface area contributed by atoms with Gasteiger partial charge < -0.3 is 20.3 Å². The number of Topliss-reactive ketones (excluding diaryl/α,β-unsaturated/α-hetero) is 1. The number of esters is 1. The number of aliphatic carboxylic acids is 1. The van der Waals surface area contributed by atoms with Crippen molar-refractivity contribution >= 4 is 17.7 Å². The number of aliphatic hydroxyl groups is 1. The van der Waals surface area contributed by atoms with Crippen molar-refractivity contribution in [1.82, 2.24) is 15.2 Å². The summed E-state index contributed by atoms with van der Waals surface area (Å²) >= 11 is 0. The number of ether oxygens (including phenoxy) is 1. The molecule has 5 aliphatic rings. The molecule has 5 aliphatic carbocycles. The number of allylic oxidation sites excluding steroid dienone is 1. The van der Waals surface area contributed by atoms with Gasteiger partial charge in [-0.3, -0.25) is 24.3 Å². The van der Waals surface area contributed by atoms with Crippen LogP contribution in [0.2, 0.25) is 0 Å². The maximum atomic E-state index is 14.2. The fraction of sp³-hybridized carbons (Fsp3) is 0.783. The Labute approximate surface area is 330 Å². The maximum Gasteiger partial charge on any atom is 0.309 e. The van der Waals surface area contributed by atoms with Crippen LogP contribution in [0.4, 0.5) is 0 Å². The number of pyridine rings is 1. The minimum atomic E-state index is -1.17. The Morgan fingerprint density at radius 2 is 1.73 bits per heavy atom. The molecule has 2 unspecified atom stereocenters. The van der Waals surface area contributed by atoms with Gasteiger partial charge in [0.1, 0.15) is 6.10 Å². The highest BCUT2D eigenvalue weighted by atomic mass is 16.5. The third-order valence-electron chi connectivity index (χ3n) is 16.7. The Kier molecular flexibility index (Phi) is 11.4. The van der Waals surface area contributed by atoms with E-state index in [4.69, 9.17) is 4.74 Å². The van der Waals surface area contributed by atoms with Crippen molar-refractivity contribution in [2.24, 2.45) is 56.2 Å². The number of rotatable bonds is 13. The van der Waals surface area contributed by atoms with Crippen molar-refractivity contribution in [3.8, 4) is 0 Å². The van der Waals surface area contributed by atoms with E-state index in [2.05, 4.69) is 63.7 Å². The lowest BCUT2D eigenvalue weighted by Gasteiger charge is -2.72. The summed E-state index contributed by atoms with van der Waals surface area (Å²) in [6.07, 6.45) is 8.98. The summed E-state index contributed by atoms with van der Waals surface area (Å²) in [7, 11) is 1.96. The molecule has 0 saturated heterocycles. The lowest BCUT2D eigenvalue weighted by Crippen LogP contribution is -2.66. The van der Waals surface area contributed by atoms with Crippen molar-refractivity contribution in [3.05, 3.63) is 41.2 Å². The molecule has 9 atom stereocenters. The predicted molar refractivity (Wildman–Crippen MR) is 215 cm³/mol. The van der Waals surface area contributed by atoms with Crippen LogP contribution in [0, 0.1) is 56.2 Å². The van der Waals surface area contributed by atoms with Gasteiger partial charge in [0.15, 0.2) is 5.78 Å². The van der Waals surface area contributed by atoms with Crippen LogP contribution in [-0.4, -0.2) is 76.7 Å². The van der Waals surface area contributed by atoms with Gasteiger partial charge in [0.25, 0.3) is 0 Å². The van der Waals surface area contributed by atoms with E-state index in [0.717, 1.165) is 75.7 Å². The Bertz CT molecular complexity index is 1660. The number of fused-ring (bicyclic) bond motifs is 7. The van der Waals surface area contributed by atoms with Crippen LogP contribution >= 0.6 is 0 Å². The summed E-state index contributed by atoms with van der Waals surface area (Å²) in [5.41, 5.74) is 1.39. The molecule has 0 aliphatic heterocycles. The number of hydrogen-bond donors (Lipinski definition) is 3. The molecule has 0 aromatic carbocycles. The predicted octanol–water partition coefficient (Wildman–Crippen LogP) is 7.86. The van der Waals surface area contributed by atoms with Crippen LogP contribution in [0.1, 0.15) is 132 Å². The largest absolute Gasteiger partial charge is 0.481 e. The van der Waals surface area contributed by atoms with Gasteiger partial charge in [0, 0.05) is 49.6 Å². The maximum absolute atomic E-state index is 14.2. The Hall–Kier alpha value is -2.62. The molecule has 0 radical (unpaired) electrons. The quantitative estimate of drug-likeness (QED) is 0.172. The fourth-order valence-electron chi connectivity index (χ4n) is 13.6. The van der Waals surface area contributed by atoms with E-state index in [0.29, 0.717) is 31.3 Å². The molecule has 1 aromatic heterocycles. The highest BCUT2D eigenvalue weighted by molar-refractivity contribution is 6.00. The normalized spacial score (nSPS) is 36.2. The van der Waals surface area contributed by atoms with E-state index in [1.807, 2.05) is 31.4 Å². The Morgan fingerprint density at radius 1 is 1.00 bits per heavy atom. The topological polar surface area (TPSA) is 129 Å². The van der Waals surface area contributed by atoms with Gasteiger partial charge in [-0.15, -0.1) is 0 Å². The van der Waals surface area contributed by atoms with Crippen molar-refractivity contribution in [1.29, 1.82) is 0 Å². The van der Waals surface area contributed by atoms with Crippen LogP contribution in [0.5, 0.6) is 0 Å². The van der Waals surface area contributed by atoms with Crippen LogP contribution in [0.15, 0.2) is 35.5 Å². The number of carboxylic acids is 1. The zero-order chi connectivity index (χ0) is 40.4. The standard InChI is InChI=1S/C46H71N3O6/c1-29(2)38-32(50)25-46(35(51)28-49(24-23-47-10)27-30-13-11-12-22-48-30)21-20-44(8)31(39(38)46)14-15-34-43(7)18-17-36(55-37(52)26-41(3,4)40(53)54)42(5,6)33(43)16-19-45(34,44)9/h11-13,22,29,31,33-36,47,51H,14-21,23-28H2,1-10H3,(H,53,54)/t31-,33+,34-,35?,36+,43+,44-,45-,46?/m1/s1. The second kappa shape index (κ2) is 15.0. The fourth-order valence-corrected chi connectivity index (χ4v) is 13.6. The number of nitrogens with one attached hydrogen (secondary N) is 1. The molecule has 0 amide bonds. The second-order valence-corrected chi connectivity index (χ2v) is 20.7. The smallest absolute Gasteiger partial charge is 0.309 e. The molecule has 0 bridgehead atoms. The van der Waals surface area contributed by atoms with Gasteiger partial charge >= 0.3 is 11.9 Å². The molecule has 1 heterocycles. The van der Waals surface area contributed by atoms with E-state index in [1.165, 1.54) is 5.57 Å². The number of aromatic nitrogens is 1. The van der Waals surface area contributed by atoms with E-state index in [1.54, 1.807) is 13.8 Å². The van der Waals surface area contributed by atoms with E-state index < -0.39 is 28.9 Å². The molecule has 306 valence electrons. The van der Waals surface area contributed by atoms with E-state index >= 15 is 0 Å². The van der Waals surface area contributed by atoms with Gasteiger partial charge in [-0.25, -0.2) is 0 Å². The SMILES string of the molecule is CNCCN(Cc1ccccn1)CC(O)C12CC[C@]3(C)[C@H](CC[C@@H]4[C@@]5(C)CC[C@H](OC(=O)CC(C)(C)C(=O)O)C(C)(C)[C@@H]5CC[C@]43C)C1=C(C(C)C)C(=O)C2. The van der Waals surface area contributed by atoms with Crippen molar-refractivity contribution in [2.45, 2.75) is 145 Å². The van der Waals surface area contributed by atoms with Crippen LogP contribution in [0.3, 0.4) is 0 Å². The Morgan fingerprint density at radius 3 is 2.36 bits per heavy atom. The molecule has 9 heteroatoms. The van der Waals surface area contributed by atoms with Crippen LogP contribution in [0.25, 0.3) is 0 Å². The van der Waals surface area contributed by atoms with E-state index in [-0.39, 0.29) is 51.8 Å². The number of carboxylic acid groups (broad SMARTS) is 1. The number of likely N-dealkylation sites (N-methyl/N-ethyl adjacent to an activating group) is 1. The van der Waals surface area contributed by atoms with Gasteiger partial charge in [-0.2, -0.15) is 0 Å². The molecular formula is C46H71N3O6. The average Bonchev–Trinajstić information content (AvgIpc) is 3.42. The number of ketones is 1. The van der Waals surface area contributed by atoms with E-state index in [9.17, 15) is 24.6 Å². The number of nitrogens with zero attached hydrogens (tertiary/aromatic N) is 2. The number of aliphatic hydroxyl groups excluding tert-OH is 1. The summed E-state index contributed by atoms with van der Waals surface area (Å²) < 4.78 is 6.19. The average molecular weight is 762 g/mol. The van der Waals surface area contributed by atoms with Gasteiger partial charge in [0.05, 0.1) is 23.6 Å². The van der Waals surface area contributed by atoms with Crippen LogP contribution < -0.4 is 5.32 Å². The van der Waals surface area contributed by atoms with Crippen molar-refractivity contribution in [3.63, 3.8) is 0 Å². The third kappa shape index (κ3) is 6.94. The second-order valence-electron chi connectivity index (χ2n) is 20.7. The molecular weight excluding hydrogens is 691 g/mol. The van der Waals surface area contributed by atoms with Gasteiger partial charge in [-0.1, -0.05) is 60.1 Å². The minimum absolute atomic E-state index is 0.0249. The first kappa shape index (κ1) is 42.0. The monoisotopic (exact) mass is 762 g/mol. The molecule has 4 saturated carbocycles. The summed E-state index contributed by atoms with van der Waals surface area (Å²) in [6, 6.07) is 5.99. The summed E-state index contributed by atoms with van der Waals surface area (Å²) in [6.45, 7) is 22.4. The lowest BCUT2D eigenvalue weighted by molar-refractivity contribution is -0.235. The van der Waals surface area contributed by atoms with Gasteiger partial charge in [-0.05, 0) is 130 Å². The lowest BCUT2D eigenvalue weighted by atomic mass is 9.33. The summed E-state index contributed by atoms with van der Waals surface area (Å²) in [5, 5.41) is 25.5. The molecule has 9 nitrogen and oxygen atoms in total. The summed E-state index contributed by atoms with van der Waals surface area (Å²) in [4.78, 5) is 46.1. The zero-order valence-electron chi connectivity index (χ0n) is 35.6. The molecule has 3 N–H and O–H groups in total. The Balaban J connectivity index is 1.28.